The van der Waals surface area contributed by atoms with Gasteiger partial charge in [-0.1, -0.05) is 27.7 Å². The van der Waals surface area contributed by atoms with Crippen LogP contribution in [-0.4, -0.2) is 37.5 Å². The molecule has 0 bridgehead atoms. The maximum absolute atomic E-state index is 9.30. The maximum Gasteiger partial charge on any atom is 0.0615 e. The van der Waals surface area contributed by atoms with E-state index >= 15 is 0 Å². The van der Waals surface area contributed by atoms with Crippen molar-refractivity contribution in [3.8, 4) is 0 Å². The highest BCUT2D eigenvalue weighted by Crippen LogP contribution is 2.20. The summed E-state index contributed by atoms with van der Waals surface area (Å²) in [6, 6.07) is 0.514. The SMILES string of the molecule is CCC(COC)NC(CO)CC(C)(C)C. The summed E-state index contributed by atoms with van der Waals surface area (Å²) < 4.78 is 5.13. The van der Waals surface area contributed by atoms with Crippen LogP contribution < -0.4 is 5.32 Å². The molecule has 2 N–H and O–H groups in total. The molecule has 2 atom stereocenters. The number of hydrogen-bond acceptors (Lipinski definition) is 3. The number of ether oxygens (including phenoxy) is 1. The van der Waals surface area contributed by atoms with E-state index in [1.807, 2.05) is 0 Å². The topological polar surface area (TPSA) is 41.5 Å². The molecule has 15 heavy (non-hydrogen) atoms. The molecular weight excluding hydrogens is 190 g/mol. The molecule has 0 radical (unpaired) electrons. The highest BCUT2D eigenvalue weighted by atomic mass is 16.5. The summed E-state index contributed by atoms with van der Waals surface area (Å²) in [5.74, 6) is 0. The fraction of sp³-hybridized carbons (Fsp3) is 1.00. The highest BCUT2D eigenvalue weighted by Gasteiger charge is 2.20. The predicted octanol–water partition coefficient (Wildman–Crippen LogP) is 1.80. The van der Waals surface area contributed by atoms with Gasteiger partial charge in [0.15, 0.2) is 0 Å². The van der Waals surface area contributed by atoms with Gasteiger partial charge in [-0.15, -0.1) is 0 Å². The van der Waals surface area contributed by atoms with Gasteiger partial charge in [-0.3, -0.25) is 0 Å². The van der Waals surface area contributed by atoms with E-state index in [-0.39, 0.29) is 18.1 Å². The third-order valence-electron chi connectivity index (χ3n) is 2.41. The van der Waals surface area contributed by atoms with E-state index in [1.165, 1.54) is 0 Å². The van der Waals surface area contributed by atoms with Crippen molar-refractivity contribution in [1.82, 2.24) is 5.32 Å². The summed E-state index contributed by atoms with van der Waals surface area (Å²) in [5.41, 5.74) is 0.242. The Balaban J connectivity index is 4.06. The van der Waals surface area contributed by atoms with Crippen molar-refractivity contribution in [2.24, 2.45) is 5.41 Å². The summed E-state index contributed by atoms with van der Waals surface area (Å²) in [6.45, 7) is 9.59. The second kappa shape index (κ2) is 7.20. The first-order valence-electron chi connectivity index (χ1n) is 5.78. The summed E-state index contributed by atoms with van der Waals surface area (Å²) in [4.78, 5) is 0. The third kappa shape index (κ3) is 7.77. The molecule has 0 aromatic carbocycles. The quantitative estimate of drug-likeness (QED) is 0.683. The first kappa shape index (κ1) is 14.9. The summed E-state index contributed by atoms with van der Waals surface area (Å²) in [5, 5.41) is 12.7. The average molecular weight is 217 g/mol. The van der Waals surface area contributed by atoms with Crippen LogP contribution in [0, 0.1) is 5.41 Å². The molecule has 2 unspecified atom stereocenters. The van der Waals surface area contributed by atoms with E-state index in [0.29, 0.717) is 12.6 Å². The molecule has 0 spiro atoms. The minimum Gasteiger partial charge on any atom is -0.395 e. The van der Waals surface area contributed by atoms with Crippen LogP contribution in [0.15, 0.2) is 0 Å². The molecule has 0 aliphatic heterocycles. The molecule has 0 aliphatic rings. The van der Waals surface area contributed by atoms with Crippen LogP contribution in [-0.2, 0) is 4.74 Å². The van der Waals surface area contributed by atoms with E-state index in [4.69, 9.17) is 4.74 Å². The molecular formula is C12H27NO2. The lowest BCUT2D eigenvalue weighted by atomic mass is 9.88. The molecule has 0 fully saturated rings. The fourth-order valence-corrected chi connectivity index (χ4v) is 1.73. The van der Waals surface area contributed by atoms with Gasteiger partial charge in [0, 0.05) is 19.2 Å². The van der Waals surface area contributed by atoms with Gasteiger partial charge in [-0.25, -0.2) is 0 Å². The first-order chi connectivity index (χ1) is 6.92. The Morgan fingerprint density at radius 2 is 1.87 bits per heavy atom. The summed E-state index contributed by atoms with van der Waals surface area (Å²) >= 11 is 0. The summed E-state index contributed by atoms with van der Waals surface area (Å²) in [7, 11) is 1.71. The van der Waals surface area contributed by atoms with Gasteiger partial charge in [0.2, 0.25) is 0 Å². The number of rotatable bonds is 7. The van der Waals surface area contributed by atoms with Crippen molar-refractivity contribution in [1.29, 1.82) is 0 Å². The van der Waals surface area contributed by atoms with E-state index in [1.54, 1.807) is 7.11 Å². The predicted molar refractivity (Wildman–Crippen MR) is 64.0 cm³/mol. The Hall–Kier alpha value is -0.120. The Kier molecular flexibility index (Phi) is 7.14. The minimum absolute atomic E-state index is 0.171. The van der Waals surface area contributed by atoms with Crippen LogP contribution in [0.2, 0.25) is 0 Å². The van der Waals surface area contributed by atoms with Crippen molar-refractivity contribution in [2.75, 3.05) is 20.3 Å². The van der Waals surface area contributed by atoms with Gasteiger partial charge in [0.1, 0.15) is 0 Å². The Labute approximate surface area is 94.2 Å². The second-order valence-electron chi connectivity index (χ2n) is 5.37. The molecule has 0 rings (SSSR count). The lowest BCUT2D eigenvalue weighted by molar-refractivity contribution is 0.134. The van der Waals surface area contributed by atoms with Crippen molar-refractivity contribution >= 4 is 0 Å². The fourth-order valence-electron chi connectivity index (χ4n) is 1.73. The first-order valence-corrected chi connectivity index (χ1v) is 5.78. The normalized spacial score (nSPS) is 16.4. The van der Waals surface area contributed by atoms with Crippen LogP contribution >= 0.6 is 0 Å². The molecule has 0 aliphatic carbocycles. The second-order valence-corrected chi connectivity index (χ2v) is 5.37. The molecule has 0 aromatic rings. The van der Waals surface area contributed by atoms with E-state index in [9.17, 15) is 5.11 Å². The van der Waals surface area contributed by atoms with Crippen molar-refractivity contribution < 1.29 is 9.84 Å². The lowest BCUT2D eigenvalue weighted by Gasteiger charge is -2.28. The standard InChI is InChI=1S/C12H27NO2/c1-6-10(9-15-5)13-11(8-14)7-12(2,3)4/h10-11,13-14H,6-9H2,1-5H3. The number of aliphatic hydroxyl groups excluding tert-OH is 1. The number of nitrogens with one attached hydrogen (secondary N) is 1. The van der Waals surface area contributed by atoms with Gasteiger partial charge in [0.05, 0.1) is 13.2 Å². The van der Waals surface area contributed by atoms with Crippen molar-refractivity contribution in [2.45, 2.75) is 52.6 Å². The minimum atomic E-state index is 0.171. The Morgan fingerprint density at radius 3 is 2.20 bits per heavy atom. The zero-order valence-corrected chi connectivity index (χ0v) is 10.8. The average Bonchev–Trinajstić information content (AvgIpc) is 2.13. The summed E-state index contributed by atoms with van der Waals surface area (Å²) in [6.07, 6.45) is 2.00. The monoisotopic (exact) mass is 217 g/mol. The maximum atomic E-state index is 9.30. The number of methoxy groups -OCH3 is 1. The van der Waals surface area contributed by atoms with E-state index in [2.05, 4.69) is 33.0 Å². The van der Waals surface area contributed by atoms with Crippen LogP contribution in [0.5, 0.6) is 0 Å². The highest BCUT2D eigenvalue weighted by molar-refractivity contribution is 4.77. The molecule has 0 aromatic heterocycles. The van der Waals surface area contributed by atoms with Gasteiger partial charge in [-0.05, 0) is 18.3 Å². The van der Waals surface area contributed by atoms with E-state index in [0.717, 1.165) is 12.8 Å². The largest absolute Gasteiger partial charge is 0.395 e. The molecule has 92 valence electrons. The zero-order chi connectivity index (χ0) is 11.9. The van der Waals surface area contributed by atoms with Crippen LogP contribution in [0.4, 0.5) is 0 Å². The molecule has 0 heterocycles. The van der Waals surface area contributed by atoms with Gasteiger partial charge >= 0.3 is 0 Å². The van der Waals surface area contributed by atoms with Gasteiger partial charge < -0.3 is 15.2 Å². The van der Waals surface area contributed by atoms with Crippen molar-refractivity contribution in [3.05, 3.63) is 0 Å². The number of aliphatic hydroxyl groups is 1. The van der Waals surface area contributed by atoms with Crippen LogP contribution in [0.25, 0.3) is 0 Å². The Bertz CT molecular complexity index is 154. The Morgan fingerprint density at radius 1 is 1.27 bits per heavy atom. The molecule has 3 nitrogen and oxygen atoms in total. The van der Waals surface area contributed by atoms with Crippen LogP contribution in [0.3, 0.4) is 0 Å². The van der Waals surface area contributed by atoms with Crippen molar-refractivity contribution in [3.63, 3.8) is 0 Å². The lowest BCUT2D eigenvalue weighted by Crippen LogP contribution is -2.44. The molecule has 0 saturated carbocycles. The number of hydrogen-bond donors (Lipinski definition) is 2. The smallest absolute Gasteiger partial charge is 0.0615 e. The molecule has 0 saturated heterocycles. The van der Waals surface area contributed by atoms with Crippen LogP contribution in [0.1, 0.15) is 40.5 Å². The molecule has 0 amide bonds. The third-order valence-corrected chi connectivity index (χ3v) is 2.41. The van der Waals surface area contributed by atoms with E-state index < -0.39 is 0 Å². The van der Waals surface area contributed by atoms with Gasteiger partial charge in [-0.2, -0.15) is 0 Å². The molecule has 3 heteroatoms. The zero-order valence-electron chi connectivity index (χ0n) is 10.8. The van der Waals surface area contributed by atoms with Gasteiger partial charge in [0.25, 0.3) is 0 Å².